The number of nitro groups is 1. The number of benzene rings is 3. The van der Waals surface area contributed by atoms with Gasteiger partial charge in [-0.3, -0.25) is 14.7 Å². The topological polar surface area (TPSA) is 92.3 Å². The van der Waals surface area contributed by atoms with Crippen molar-refractivity contribution in [3.63, 3.8) is 0 Å². The van der Waals surface area contributed by atoms with E-state index in [1.54, 1.807) is 42.5 Å². The Labute approximate surface area is 239 Å². The molecule has 12 heteroatoms. The van der Waals surface area contributed by atoms with Gasteiger partial charge >= 0.3 is 0 Å². The van der Waals surface area contributed by atoms with E-state index in [4.69, 9.17) is 44.3 Å². The number of aryl methyl sites for hydroxylation is 1. The van der Waals surface area contributed by atoms with Crippen molar-refractivity contribution in [1.29, 1.82) is 0 Å². The minimum atomic E-state index is -0.567. The molecule has 4 aromatic rings. The van der Waals surface area contributed by atoms with Crippen LogP contribution in [-0.4, -0.2) is 32.8 Å². The largest absolute Gasteiger partial charge is 0.490 e. The minimum Gasteiger partial charge on any atom is -0.490 e. The van der Waals surface area contributed by atoms with Gasteiger partial charge < -0.3 is 9.47 Å². The predicted molar refractivity (Wildman–Crippen MR) is 150 cm³/mol. The second kappa shape index (κ2) is 12.7. The summed E-state index contributed by atoms with van der Waals surface area (Å²) in [6, 6.07) is 17.8. The fourth-order valence-corrected chi connectivity index (χ4v) is 5.29. The van der Waals surface area contributed by atoms with Gasteiger partial charge in [0.2, 0.25) is 6.54 Å². The number of ether oxygens (including phenoxy) is 2. The van der Waals surface area contributed by atoms with Crippen molar-refractivity contribution in [1.82, 2.24) is 14.8 Å². The second-order valence-corrected chi connectivity index (χ2v) is 10.6. The van der Waals surface area contributed by atoms with Crippen LogP contribution in [0.3, 0.4) is 0 Å². The normalized spacial score (nSPS) is 11.8. The molecule has 38 heavy (non-hydrogen) atoms. The molecule has 8 nitrogen and oxygen atoms in total. The molecule has 3 aromatic carbocycles. The molecule has 0 radical (unpaired) electrons. The second-order valence-electron chi connectivity index (χ2n) is 8.14. The summed E-state index contributed by atoms with van der Waals surface area (Å²) in [5.41, 5.74) is 2.34. The van der Waals surface area contributed by atoms with Crippen LogP contribution in [0.2, 0.25) is 15.1 Å². The Balaban J connectivity index is 1.61. The lowest BCUT2D eigenvalue weighted by molar-refractivity contribution is -0.479. The Morgan fingerprint density at radius 2 is 1.74 bits per heavy atom. The van der Waals surface area contributed by atoms with E-state index in [0.717, 1.165) is 11.3 Å². The Morgan fingerprint density at radius 1 is 0.974 bits per heavy atom. The van der Waals surface area contributed by atoms with Crippen LogP contribution < -0.4 is 9.47 Å². The van der Waals surface area contributed by atoms with E-state index in [1.807, 2.05) is 36.6 Å². The van der Waals surface area contributed by atoms with Gasteiger partial charge in [-0.15, -0.1) is 10.2 Å². The van der Waals surface area contributed by atoms with Gasteiger partial charge in [-0.05, 0) is 73.5 Å². The lowest BCUT2D eigenvalue weighted by Crippen LogP contribution is -2.11. The molecule has 0 spiro atoms. The van der Waals surface area contributed by atoms with E-state index in [0.29, 0.717) is 49.7 Å². The van der Waals surface area contributed by atoms with Crippen LogP contribution in [0.1, 0.15) is 29.1 Å². The maximum absolute atomic E-state index is 11.6. The van der Waals surface area contributed by atoms with Crippen LogP contribution in [0.15, 0.2) is 65.8 Å². The SMILES string of the molecule is CCOc1cc([C@H](C[N+](=O)[O-])Sc2nnc(C)n2-c2ccc(Cl)cc2)ccc1OCc1ccc(Cl)c(Cl)c1. The quantitative estimate of drug-likeness (QED) is 0.100. The van der Waals surface area contributed by atoms with Gasteiger partial charge in [0.15, 0.2) is 16.7 Å². The average Bonchev–Trinajstić information content (AvgIpc) is 3.25. The Kier molecular flexibility index (Phi) is 9.38. The molecule has 0 unspecified atom stereocenters. The first-order chi connectivity index (χ1) is 18.2. The van der Waals surface area contributed by atoms with Crippen molar-refractivity contribution in [2.45, 2.75) is 30.9 Å². The maximum Gasteiger partial charge on any atom is 0.220 e. The summed E-state index contributed by atoms with van der Waals surface area (Å²) in [6.07, 6.45) is 0. The fraction of sp³-hybridized carbons (Fsp3) is 0.231. The van der Waals surface area contributed by atoms with Crippen LogP contribution in [-0.2, 0) is 6.61 Å². The number of halogens is 3. The highest BCUT2D eigenvalue weighted by molar-refractivity contribution is 7.99. The van der Waals surface area contributed by atoms with E-state index in [9.17, 15) is 10.1 Å². The summed E-state index contributed by atoms with van der Waals surface area (Å²) in [5, 5.41) is 21.6. The third-order valence-electron chi connectivity index (χ3n) is 5.46. The molecule has 1 atom stereocenters. The molecule has 0 N–H and O–H groups in total. The minimum absolute atomic E-state index is 0.243. The molecule has 1 heterocycles. The number of hydrogen-bond donors (Lipinski definition) is 0. The van der Waals surface area contributed by atoms with Crippen molar-refractivity contribution >= 4 is 46.6 Å². The molecule has 4 rings (SSSR count). The fourth-order valence-electron chi connectivity index (χ4n) is 3.68. The summed E-state index contributed by atoms with van der Waals surface area (Å²) >= 11 is 19.4. The predicted octanol–water partition coefficient (Wildman–Crippen LogP) is 7.62. The summed E-state index contributed by atoms with van der Waals surface area (Å²) < 4.78 is 13.7. The summed E-state index contributed by atoms with van der Waals surface area (Å²) in [5.74, 6) is 1.64. The van der Waals surface area contributed by atoms with Gasteiger partial charge in [-0.2, -0.15) is 0 Å². The molecule has 0 amide bonds. The van der Waals surface area contributed by atoms with Crippen molar-refractivity contribution in [3.05, 3.63) is 103 Å². The molecule has 0 bridgehead atoms. The molecule has 198 valence electrons. The Hall–Kier alpha value is -2.98. The Bertz CT molecular complexity index is 1430. The van der Waals surface area contributed by atoms with Gasteiger partial charge in [0.05, 0.1) is 16.7 Å². The number of aromatic nitrogens is 3. The third-order valence-corrected chi connectivity index (χ3v) is 7.63. The number of nitrogens with zero attached hydrogens (tertiary/aromatic N) is 4. The highest BCUT2D eigenvalue weighted by atomic mass is 35.5. The molecular formula is C26H23Cl3N4O4S. The molecule has 1 aromatic heterocycles. The van der Waals surface area contributed by atoms with Gasteiger partial charge in [-0.25, -0.2) is 0 Å². The van der Waals surface area contributed by atoms with Crippen LogP contribution >= 0.6 is 46.6 Å². The van der Waals surface area contributed by atoms with E-state index < -0.39 is 5.25 Å². The third kappa shape index (κ3) is 6.91. The molecule has 0 aliphatic carbocycles. The van der Waals surface area contributed by atoms with Gasteiger partial charge in [0, 0.05) is 15.6 Å². The van der Waals surface area contributed by atoms with Gasteiger partial charge in [0.1, 0.15) is 17.7 Å². The molecular weight excluding hydrogens is 571 g/mol. The van der Waals surface area contributed by atoms with Crippen LogP contribution in [0.25, 0.3) is 5.69 Å². The van der Waals surface area contributed by atoms with Crippen LogP contribution in [0.5, 0.6) is 11.5 Å². The standard InChI is InChI=1S/C26H23Cl3N4O4S/c1-3-36-24-13-18(5-11-23(24)37-15-17-4-10-21(28)22(29)12-17)25(14-32(34)35)38-26-31-30-16(2)33(26)20-8-6-19(27)7-9-20/h4-13,25H,3,14-15H2,1-2H3/t25-/m0/s1. The van der Waals surface area contributed by atoms with E-state index in [-0.39, 0.29) is 18.1 Å². The first-order valence-corrected chi connectivity index (χ1v) is 13.6. The summed E-state index contributed by atoms with van der Waals surface area (Å²) in [4.78, 5) is 11.3. The van der Waals surface area contributed by atoms with Gasteiger partial charge in [-0.1, -0.05) is 58.7 Å². The van der Waals surface area contributed by atoms with Crippen LogP contribution in [0, 0.1) is 17.0 Å². The van der Waals surface area contributed by atoms with Crippen molar-refractivity contribution in [2.24, 2.45) is 0 Å². The molecule has 0 saturated carbocycles. The zero-order valence-corrected chi connectivity index (χ0v) is 23.5. The first kappa shape index (κ1) is 28.0. The number of rotatable bonds is 11. The molecule has 0 aliphatic rings. The molecule has 0 saturated heterocycles. The van der Waals surface area contributed by atoms with E-state index in [2.05, 4.69) is 10.2 Å². The zero-order chi connectivity index (χ0) is 27.2. The Morgan fingerprint density at radius 3 is 2.42 bits per heavy atom. The monoisotopic (exact) mass is 592 g/mol. The highest BCUT2D eigenvalue weighted by Gasteiger charge is 2.25. The van der Waals surface area contributed by atoms with E-state index in [1.165, 1.54) is 11.8 Å². The average molecular weight is 594 g/mol. The van der Waals surface area contributed by atoms with Crippen molar-refractivity contribution < 1.29 is 14.4 Å². The lowest BCUT2D eigenvalue weighted by Gasteiger charge is -2.17. The van der Waals surface area contributed by atoms with Gasteiger partial charge in [0.25, 0.3) is 0 Å². The maximum atomic E-state index is 11.6. The highest BCUT2D eigenvalue weighted by Crippen LogP contribution is 2.40. The van der Waals surface area contributed by atoms with Crippen molar-refractivity contribution in [3.8, 4) is 17.2 Å². The smallest absolute Gasteiger partial charge is 0.220 e. The molecule has 0 aliphatic heterocycles. The summed E-state index contributed by atoms with van der Waals surface area (Å²) in [7, 11) is 0. The van der Waals surface area contributed by atoms with Crippen LogP contribution in [0.4, 0.5) is 0 Å². The number of thioether (sulfide) groups is 1. The molecule has 0 fully saturated rings. The van der Waals surface area contributed by atoms with E-state index >= 15 is 0 Å². The summed E-state index contributed by atoms with van der Waals surface area (Å²) in [6.45, 7) is 3.99. The van der Waals surface area contributed by atoms with Crippen molar-refractivity contribution in [2.75, 3.05) is 13.2 Å². The zero-order valence-electron chi connectivity index (χ0n) is 20.4. The lowest BCUT2D eigenvalue weighted by atomic mass is 10.1. The number of hydrogen-bond acceptors (Lipinski definition) is 7. The first-order valence-electron chi connectivity index (χ1n) is 11.5.